The molecular formula is C17H18O4. The number of esters is 1. The molecule has 3 unspecified atom stereocenters. The Morgan fingerprint density at radius 2 is 2.00 bits per heavy atom. The Morgan fingerprint density at radius 1 is 1.24 bits per heavy atom. The third-order valence-corrected chi connectivity index (χ3v) is 4.07. The van der Waals surface area contributed by atoms with Crippen molar-refractivity contribution in [2.24, 2.45) is 5.92 Å². The van der Waals surface area contributed by atoms with Gasteiger partial charge in [-0.2, -0.15) is 0 Å². The van der Waals surface area contributed by atoms with Gasteiger partial charge in [0.25, 0.3) is 0 Å². The van der Waals surface area contributed by atoms with E-state index in [0.717, 1.165) is 16.3 Å². The Morgan fingerprint density at radius 3 is 2.76 bits per heavy atom. The van der Waals surface area contributed by atoms with Crippen molar-refractivity contribution in [3.8, 4) is 0 Å². The van der Waals surface area contributed by atoms with Gasteiger partial charge in [-0.05, 0) is 16.3 Å². The van der Waals surface area contributed by atoms with Gasteiger partial charge in [0.1, 0.15) is 5.92 Å². The maximum atomic E-state index is 11.6. The minimum Gasteiger partial charge on any atom is -0.469 e. The summed E-state index contributed by atoms with van der Waals surface area (Å²) in [5.41, 5.74) is 1.05. The van der Waals surface area contributed by atoms with Gasteiger partial charge >= 0.3 is 5.97 Å². The average Bonchev–Trinajstić information content (AvgIpc) is 2.53. The minimum absolute atomic E-state index is 0.182. The lowest BCUT2D eigenvalue weighted by atomic mass is 9.90. The topological polar surface area (TPSA) is 55.8 Å². The van der Waals surface area contributed by atoms with Crippen LogP contribution in [0.15, 0.2) is 42.5 Å². The molecule has 0 aliphatic carbocycles. The molecular weight excluding hydrogens is 268 g/mol. The van der Waals surface area contributed by atoms with Crippen LogP contribution in [0.25, 0.3) is 10.8 Å². The zero-order chi connectivity index (χ0) is 14.8. The third kappa shape index (κ3) is 2.64. The molecule has 0 amide bonds. The summed E-state index contributed by atoms with van der Waals surface area (Å²) in [5.74, 6) is -1.01. The Balaban J connectivity index is 1.87. The van der Waals surface area contributed by atoms with Crippen molar-refractivity contribution in [3.05, 3.63) is 48.0 Å². The van der Waals surface area contributed by atoms with E-state index in [1.54, 1.807) is 0 Å². The Kier molecular flexibility index (Phi) is 3.90. The number of aliphatic hydroxyl groups excluding tert-OH is 1. The van der Waals surface area contributed by atoms with E-state index in [0.29, 0.717) is 6.42 Å². The van der Waals surface area contributed by atoms with E-state index >= 15 is 0 Å². The number of aliphatic hydroxyl groups is 1. The van der Waals surface area contributed by atoms with Crippen LogP contribution >= 0.6 is 0 Å². The van der Waals surface area contributed by atoms with Crippen molar-refractivity contribution in [3.63, 3.8) is 0 Å². The van der Waals surface area contributed by atoms with E-state index in [9.17, 15) is 9.90 Å². The second-order valence-corrected chi connectivity index (χ2v) is 5.32. The summed E-state index contributed by atoms with van der Waals surface area (Å²) < 4.78 is 10.5. The molecule has 1 aliphatic heterocycles. The number of carbonyl (C=O) groups excluding carboxylic acids is 1. The van der Waals surface area contributed by atoms with Crippen LogP contribution in [0.2, 0.25) is 0 Å². The van der Waals surface area contributed by atoms with Gasteiger partial charge in [0, 0.05) is 6.42 Å². The van der Waals surface area contributed by atoms with Crippen LogP contribution in [-0.4, -0.2) is 30.9 Å². The number of hydrogen-bond donors (Lipinski definition) is 1. The molecule has 1 N–H and O–H groups in total. The smallest absolute Gasteiger partial charge is 0.313 e. The van der Waals surface area contributed by atoms with E-state index in [4.69, 9.17) is 9.47 Å². The van der Waals surface area contributed by atoms with Crippen molar-refractivity contribution in [2.45, 2.75) is 18.6 Å². The molecule has 21 heavy (non-hydrogen) atoms. The molecule has 110 valence electrons. The molecule has 4 nitrogen and oxygen atoms in total. The number of methoxy groups -OCH3 is 1. The first-order chi connectivity index (χ1) is 10.2. The van der Waals surface area contributed by atoms with Crippen LogP contribution in [0.3, 0.4) is 0 Å². The lowest BCUT2D eigenvalue weighted by Crippen LogP contribution is -2.39. The van der Waals surface area contributed by atoms with Crippen molar-refractivity contribution >= 4 is 16.7 Å². The lowest BCUT2D eigenvalue weighted by Gasteiger charge is -2.32. The molecule has 3 rings (SSSR count). The Hall–Kier alpha value is -1.91. The summed E-state index contributed by atoms with van der Waals surface area (Å²) in [4.78, 5) is 11.6. The molecule has 0 radical (unpaired) electrons. The van der Waals surface area contributed by atoms with Gasteiger partial charge < -0.3 is 14.6 Å². The number of benzene rings is 2. The van der Waals surface area contributed by atoms with Crippen molar-refractivity contribution in [2.75, 3.05) is 13.7 Å². The van der Waals surface area contributed by atoms with Gasteiger partial charge in [-0.1, -0.05) is 42.5 Å². The first-order valence-electron chi connectivity index (χ1n) is 7.06. The summed E-state index contributed by atoms with van der Waals surface area (Å²) in [7, 11) is 1.33. The standard InChI is InChI=1S/C17H18O4/c1-20-17(19)14-10-21-16(9-15(14)18)13-8-4-6-11-5-2-3-7-12(11)13/h2-8,14-16,18H,9-10H2,1H3. The Bertz CT molecular complexity index is 647. The van der Waals surface area contributed by atoms with E-state index in [1.807, 2.05) is 30.3 Å². The summed E-state index contributed by atoms with van der Waals surface area (Å²) in [5, 5.41) is 12.5. The first-order valence-corrected chi connectivity index (χ1v) is 7.06. The zero-order valence-electron chi connectivity index (χ0n) is 11.9. The van der Waals surface area contributed by atoms with Crippen LogP contribution in [-0.2, 0) is 14.3 Å². The monoisotopic (exact) mass is 286 g/mol. The average molecular weight is 286 g/mol. The maximum Gasteiger partial charge on any atom is 0.313 e. The van der Waals surface area contributed by atoms with E-state index in [1.165, 1.54) is 7.11 Å². The largest absolute Gasteiger partial charge is 0.469 e. The van der Waals surface area contributed by atoms with Crippen LogP contribution in [0, 0.1) is 5.92 Å². The third-order valence-electron chi connectivity index (χ3n) is 4.07. The molecule has 3 atom stereocenters. The van der Waals surface area contributed by atoms with Crippen molar-refractivity contribution in [1.29, 1.82) is 0 Å². The minimum atomic E-state index is -0.741. The maximum absolute atomic E-state index is 11.6. The highest BCUT2D eigenvalue weighted by Crippen LogP contribution is 2.35. The van der Waals surface area contributed by atoms with Crippen molar-refractivity contribution in [1.82, 2.24) is 0 Å². The fourth-order valence-electron chi connectivity index (χ4n) is 2.91. The molecule has 2 aromatic carbocycles. The second kappa shape index (κ2) is 5.84. The fraction of sp³-hybridized carbons (Fsp3) is 0.353. The molecule has 4 heteroatoms. The van der Waals surface area contributed by atoms with Gasteiger partial charge in [0.05, 0.1) is 25.9 Å². The van der Waals surface area contributed by atoms with Gasteiger partial charge in [0.2, 0.25) is 0 Å². The zero-order valence-corrected chi connectivity index (χ0v) is 11.9. The van der Waals surface area contributed by atoms with Crippen LogP contribution in [0.1, 0.15) is 18.1 Å². The quantitative estimate of drug-likeness (QED) is 0.862. The number of ether oxygens (including phenoxy) is 2. The molecule has 1 heterocycles. The van der Waals surface area contributed by atoms with E-state index in [2.05, 4.69) is 12.1 Å². The number of fused-ring (bicyclic) bond motifs is 1. The predicted molar refractivity (Wildman–Crippen MR) is 78.8 cm³/mol. The normalized spacial score (nSPS) is 25.7. The van der Waals surface area contributed by atoms with Gasteiger partial charge in [0.15, 0.2) is 0 Å². The number of rotatable bonds is 2. The van der Waals surface area contributed by atoms with Gasteiger partial charge in [-0.15, -0.1) is 0 Å². The fourth-order valence-corrected chi connectivity index (χ4v) is 2.91. The van der Waals surface area contributed by atoms with Gasteiger partial charge in [-0.25, -0.2) is 0 Å². The van der Waals surface area contributed by atoms with Crippen LogP contribution in [0.5, 0.6) is 0 Å². The van der Waals surface area contributed by atoms with Crippen molar-refractivity contribution < 1.29 is 19.4 Å². The summed E-state index contributed by atoms with van der Waals surface area (Å²) >= 11 is 0. The summed E-state index contributed by atoms with van der Waals surface area (Å²) in [6, 6.07) is 14.1. The first kappa shape index (κ1) is 14.0. The SMILES string of the molecule is COC(=O)C1COC(c2cccc3ccccc23)CC1O. The molecule has 0 bridgehead atoms. The Labute approximate surface area is 123 Å². The molecule has 1 aliphatic rings. The number of carbonyl (C=O) groups is 1. The highest BCUT2D eigenvalue weighted by Gasteiger charge is 2.36. The molecule has 0 spiro atoms. The van der Waals surface area contributed by atoms with E-state index < -0.39 is 18.0 Å². The predicted octanol–water partition coefficient (Wildman–Crippen LogP) is 2.45. The second-order valence-electron chi connectivity index (χ2n) is 5.32. The summed E-state index contributed by atoms with van der Waals surface area (Å²) in [6.07, 6.45) is -0.546. The highest BCUT2D eigenvalue weighted by atomic mass is 16.5. The number of hydrogen-bond acceptors (Lipinski definition) is 4. The molecule has 0 aromatic heterocycles. The molecule has 2 aromatic rings. The van der Waals surface area contributed by atoms with Crippen LogP contribution in [0.4, 0.5) is 0 Å². The summed E-state index contributed by atoms with van der Waals surface area (Å²) in [6.45, 7) is 0.182. The van der Waals surface area contributed by atoms with Crippen LogP contribution < -0.4 is 0 Å². The lowest BCUT2D eigenvalue weighted by molar-refractivity contribution is -0.162. The van der Waals surface area contributed by atoms with E-state index in [-0.39, 0.29) is 12.7 Å². The highest BCUT2D eigenvalue weighted by molar-refractivity contribution is 5.86. The molecule has 1 saturated heterocycles. The molecule has 0 saturated carbocycles. The molecule has 1 fully saturated rings. The van der Waals surface area contributed by atoms with Gasteiger partial charge in [-0.3, -0.25) is 4.79 Å².